The minimum Gasteiger partial charge on any atom is -0.480 e. The molecule has 0 aliphatic heterocycles. The highest BCUT2D eigenvalue weighted by atomic mass is 16.4. The summed E-state index contributed by atoms with van der Waals surface area (Å²) in [6.07, 6.45) is 1.55. The number of nitrogens with one attached hydrogen (secondary N) is 1. The van der Waals surface area contributed by atoms with Crippen LogP contribution in [0.25, 0.3) is 0 Å². The van der Waals surface area contributed by atoms with Crippen LogP contribution in [0.15, 0.2) is 24.3 Å². The van der Waals surface area contributed by atoms with Crippen molar-refractivity contribution in [2.24, 2.45) is 0 Å². The average Bonchev–Trinajstić information content (AvgIpc) is 2.44. The van der Waals surface area contributed by atoms with E-state index in [0.717, 1.165) is 31.7 Å². The lowest BCUT2D eigenvalue weighted by Gasteiger charge is -2.25. The molecular weight excluding hydrogens is 252 g/mol. The molecule has 1 aromatic rings. The van der Waals surface area contributed by atoms with Crippen LogP contribution in [0.2, 0.25) is 0 Å². The Bertz CT molecular complexity index is 403. The van der Waals surface area contributed by atoms with Gasteiger partial charge in [0.25, 0.3) is 0 Å². The predicted molar refractivity (Wildman–Crippen MR) is 83.4 cm³/mol. The van der Waals surface area contributed by atoms with Gasteiger partial charge in [0.05, 0.1) is 0 Å². The summed E-state index contributed by atoms with van der Waals surface area (Å²) in [5, 5.41) is 12.3. The van der Waals surface area contributed by atoms with Crippen molar-refractivity contribution in [3.8, 4) is 0 Å². The molecule has 0 bridgehead atoms. The lowest BCUT2D eigenvalue weighted by atomic mass is 10.1. The van der Waals surface area contributed by atoms with Crippen molar-refractivity contribution in [1.82, 2.24) is 5.32 Å². The highest BCUT2D eigenvalue weighted by molar-refractivity contribution is 5.73. The third-order valence-corrected chi connectivity index (χ3v) is 3.41. The lowest BCUT2D eigenvalue weighted by molar-refractivity contribution is -0.139. The van der Waals surface area contributed by atoms with Crippen LogP contribution >= 0.6 is 0 Å². The second kappa shape index (κ2) is 8.59. The van der Waals surface area contributed by atoms with Gasteiger partial charge in [0.15, 0.2) is 0 Å². The number of aliphatic carboxylic acids is 1. The monoisotopic (exact) mass is 278 g/mol. The van der Waals surface area contributed by atoms with Crippen molar-refractivity contribution in [3.05, 3.63) is 29.8 Å². The maximum Gasteiger partial charge on any atom is 0.320 e. The van der Waals surface area contributed by atoms with Crippen molar-refractivity contribution >= 4 is 11.7 Å². The fourth-order valence-corrected chi connectivity index (χ4v) is 2.14. The Morgan fingerprint density at radius 1 is 1.30 bits per heavy atom. The second-order valence-electron chi connectivity index (χ2n) is 5.05. The van der Waals surface area contributed by atoms with E-state index in [1.165, 1.54) is 5.56 Å². The second-order valence-corrected chi connectivity index (χ2v) is 5.05. The first-order valence-corrected chi connectivity index (χ1v) is 7.36. The minimum absolute atomic E-state index is 0.463. The van der Waals surface area contributed by atoms with Gasteiger partial charge in [-0.3, -0.25) is 4.79 Å². The van der Waals surface area contributed by atoms with Gasteiger partial charge in [-0.25, -0.2) is 0 Å². The zero-order valence-corrected chi connectivity index (χ0v) is 12.7. The van der Waals surface area contributed by atoms with Crippen LogP contribution in [0.5, 0.6) is 0 Å². The molecule has 1 rings (SSSR count). The number of benzene rings is 1. The van der Waals surface area contributed by atoms with Crippen LogP contribution in [0.1, 0.15) is 32.3 Å². The topological polar surface area (TPSA) is 52.6 Å². The number of hydrogen-bond donors (Lipinski definition) is 2. The number of anilines is 1. The van der Waals surface area contributed by atoms with Gasteiger partial charge < -0.3 is 15.3 Å². The van der Waals surface area contributed by atoms with Crippen molar-refractivity contribution < 1.29 is 9.90 Å². The van der Waals surface area contributed by atoms with Gasteiger partial charge in [0.1, 0.15) is 6.04 Å². The van der Waals surface area contributed by atoms with E-state index in [9.17, 15) is 9.90 Å². The molecule has 1 aromatic carbocycles. The Balaban J connectivity index is 2.58. The van der Waals surface area contributed by atoms with Crippen LogP contribution in [-0.4, -0.2) is 36.8 Å². The largest absolute Gasteiger partial charge is 0.480 e. The number of carboxylic acid groups (broad SMARTS) is 1. The molecule has 0 saturated heterocycles. The molecule has 0 saturated carbocycles. The Morgan fingerprint density at radius 3 is 2.45 bits per heavy atom. The molecule has 0 radical (unpaired) electrons. The zero-order valence-electron chi connectivity index (χ0n) is 12.7. The predicted octanol–water partition coefficient (Wildman–Crippen LogP) is 2.66. The number of aryl methyl sites for hydroxylation is 1. The summed E-state index contributed by atoms with van der Waals surface area (Å²) in [5.41, 5.74) is 2.38. The van der Waals surface area contributed by atoms with E-state index in [-0.39, 0.29) is 0 Å². The quantitative estimate of drug-likeness (QED) is 0.729. The summed E-state index contributed by atoms with van der Waals surface area (Å²) in [6, 6.07) is 7.89. The first-order valence-electron chi connectivity index (χ1n) is 7.36. The van der Waals surface area contributed by atoms with E-state index in [4.69, 9.17) is 0 Å². The molecule has 112 valence electrons. The Morgan fingerprint density at radius 2 is 1.95 bits per heavy atom. The van der Waals surface area contributed by atoms with E-state index in [2.05, 4.69) is 48.3 Å². The van der Waals surface area contributed by atoms with E-state index < -0.39 is 12.0 Å². The highest BCUT2D eigenvalue weighted by Crippen LogP contribution is 2.15. The van der Waals surface area contributed by atoms with Gasteiger partial charge in [0.2, 0.25) is 0 Å². The van der Waals surface area contributed by atoms with Crippen LogP contribution < -0.4 is 10.2 Å². The Labute approximate surface area is 121 Å². The molecule has 0 aromatic heterocycles. The summed E-state index contributed by atoms with van der Waals surface area (Å²) in [6.45, 7) is 8.56. The molecule has 0 heterocycles. The van der Waals surface area contributed by atoms with Crippen molar-refractivity contribution in [2.45, 2.75) is 39.7 Å². The maximum absolute atomic E-state index is 11.2. The normalized spacial score (nSPS) is 12.2. The standard InChI is InChI=1S/C16H26N2O2/c1-4-11-17-15(16(19)20)10-12-18(5-2)14-8-6-13(3)7-9-14/h6-9,15,17H,4-5,10-12H2,1-3H3,(H,19,20). The van der Waals surface area contributed by atoms with Crippen LogP contribution in [-0.2, 0) is 4.79 Å². The smallest absolute Gasteiger partial charge is 0.320 e. The molecule has 20 heavy (non-hydrogen) atoms. The van der Waals surface area contributed by atoms with Crippen LogP contribution in [0.3, 0.4) is 0 Å². The fraction of sp³-hybridized carbons (Fsp3) is 0.562. The molecule has 0 spiro atoms. The summed E-state index contributed by atoms with van der Waals surface area (Å²) in [4.78, 5) is 13.4. The molecule has 0 fully saturated rings. The third-order valence-electron chi connectivity index (χ3n) is 3.41. The lowest BCUT2D eigenvalue weighted by Crippen LogP contribution is -2.40. The van der Waals surface area contributed by atoms with Gasteiger partial charge >= 0.3 is 5.97 Å². The first kappa shape index (κ1) is 16.5. The molecule has 0 aliphatic rings. The zero-order chi connectivity index (χ0) is 15.0. The van der Waals surface area contributed by atoms with Crippen molar-refractivity contribution in [3.63, 3.8) is 0 Å². The average molecular weight is 278 g/mol. The molecule has 0 aliphatic carbocycles. The first-order chi connectivity index (χ1) is 9.58. The molecule has 4 nitrogen and oxygen atoms in total. The van der Waals surface area contributed by atoms with Gasteiger partial charge in [-0.2, -0.15) is 0 Å². The minimum atomic E-state index is -0.765. The van der Waals surface area contributed by atoms with Crippen LogP contribution in [0, 0.1) is 6.92 Å². The molecule has 4 heteroatoms. The summed E-state index contributed by atoms with van der Waals surface area (Å²) < 4.78 is 0. The van der Waals surface area contributed by atoms with Crippen molar-refractivity contribution in [2.75, 3.05) is 24.5 Å². The van der Waals surface area contributed by atoms with Gasteiger partial charge in [0, 0.05) is 18.8 Å². The number of nitrogens with zero attached hydrogens (tertiary/aromatic N) is 1. The summed E-state index contributed by atoms with van der Waals surface area (Å²) >= 11 is 0. The van der Waals surface area contributed by atoms with Gasteiger partial charge in [-0.15, -0.1) is 0 Å². The van der Waals surface area contributed by atoms with Crippen molar-refractivity contribution in [1.29, 1.82) is 0 Å². The molecule has 0 amide bonds. The number of carbonyl (C=O) groups is 1. The Kier molecular flexibility index (Phi) is 7.09. The summed E-state index contributed by atoms with van der Waals surface area (Å²) in [7, 11) is 0. The maximum atomic E-state index is 11.2. The molecule has 2 N–H and O–H groups in total. The van der Waals surface area contributed by atoms with E-state index >= 15 is 0 Å². The Hall–Kier alpha value is -1.55. The number of hydrogen-bond acceptors (Lipinski definition) is 3. The van der Waals surface area contributed by atoms with Gasteiger partial charge in [-0.1, -0.05) is 24.6 Å². The number of carboxylic acids is 1. The van der Waals surface area contributed by atoms with E-state index in [0.29, 0.717) is 6.42 Å². The SMILES string of the molecule is CCCNC(CCN(CC)c1ccc(C)cc1)C(=O)O. The highest BCUT2D eigenvalue weighted by Gasteiger charge is 2.17. The van der Waals surface area contributed by atoms with E-state index in [1.54, 1.807) is 0 Å². The molecular formula is C16H26N2O2. The van der Waals surface area contributed by atoms with Gasteiger partial charge in [-0.05, 0) is 45.4 Å². The van der Waals surface area contributed by atoms with Crippen LogP contribution in [0.4, 0.5) is 5.69 Å². The third kappa shape index (κ3) is 5.21. The van der Waals surface area contributed by atoms with E-state index in [1.807, 2.05) is 6.92 Å². The number of rotatable bonds is 9. The molecule has 1 atom stereocenters. The fourth-order valence-electron chi connectivity index (χ4n) is 2.14. The molecule has 1 unspecified atom stereocenters. The summed E-state index contributed by atoms with van der Waals surface area (Å²) in [5.74, 6) is -0.765.